The van der Waals surface area contributed by atoms with Crippen molar-refractivity contribution < 1.29 is 13.2 Å². The first-order chi connectivity index (χ1) is 5.92. The lowest BCUT2D eigenvalue weighted by atomic mass is 10.2. The van der Waals surface area contributed by atoms with E-state index in [4.69, 9.17) is 0 Å². The molecule has 0 spiro atoms. The summed E-state index contributed by atoms with van der Waals surface area (Å²) in [6.45, 7) is 2.60. The Morgan fingerprint density at radius 3 is 2.46 bits per heavy atom. The molecule has 5 heteroatoms. The van der Waals surface area contributed by atoms with Crippen LogP contribution in [0.15, 0.2) is 6.20 Å². The van der Waals surface area contributed by atoms with E-state index in [1.165, 1.54) is 6.20 Å². The van der Waals surface area contributed by atoms with Crippen LogP contribution in [0.5, 0.6) is 0 Å². The van der Waals surface area contributed by atoms with Crippen LogP contribution in [-0.4, -0.2) is 16.0 Å². The standard InChI is InChI=1S/C8H11F3N2/c1-3-7-4-13(12-6(7)2)5-8(9,10)11/h4H,3,5H2,1-2H3. The SMILES string of the molecule is CCc1cn(CC(F)(F)F)nc1C. The van der Waals surface area contributed by atoms with Gasteiger partial charge in [0.2, 0.25) is 0 Å². The Hall–Kier alpha value is -1.00. The first-order valence-corrected chi connectivity index (χ1v) is 4.02. The molecule has 0 radical (unpaired) electrons. The highest BCUT2D eigenvalue weighted by Crippen LogP contribution is 2.18. The first-order valence-electron chi connectivity index (χ1n) is 4.02. The third kappa shape index (κ3) is 2.75. The third-order valence-electron chi connectivity index (χ3n) is 1.77. The fourth-order valence-electron chi connectivity index (χ4n) is 1.17. The van der Waals surface area contributed by atoms with Crippen molar-refractivity contribution in [3.05, 3.63) is 17.5 Å². The molecule has 0 fully saturated rings. The van der Waals surface area contributed by atoms with Crippen LogP contribution >= 0.6 is 0 Å². The minimum atomic E-state index is -4.19. The van der Waals surface area contributed by atoms with E-state index in [1.807, 2.05) is 6.92 Å². The van der Waals surface area contributed by atoms with E-state index < -0.39 is 12.7 Å². The number of aromatic nitrogens is 2. The molecule has 0 aliphatic heterocycles. The van der Waals surface area contributed by atoms with Gasteiger partial charge < -0.3 is 0 Å². The lowest BCUT2D eigenvalue weighted by molar-refractivity contribution is -0.142. The molecule has 0 atom stereocenters. The van der Waals surface area contributed by atoms with Gasteiger partial charge in [0.25, 0.3) is 0 Å². The van der Waals surface area contributed by atoms with Gasteiger partial charge in [0.05, 0.1) is 5.69 Å². The Labute approximate surface area is 74.4 Å². The number of hydrogen-bond acceptors (Lipinski definition) is 1. The van der Waals surface area contributed by atoms with Crippen LogP contribution < -0.4 is 0 Å². The monoisotopic (exact) mass is 192 g/mol. The number of aryl methyl sites for hydroxylation is 2. The van der Waals surface area contributed by atoms with Crippen LogP contribution in [0.25, 0.3) is 0 Å². The zero-order valence-corrected chi connectivity index (χ0v) is 7.52. The highest BCUT2D eigenvalue weighted by atomic mass is 19.4. The molecular formula is C8H11F3N2. The summed E-state index contributed by atoms with van der Waals surface area (Å²) in [5.41, 5.74) is 1.54. The number of halogens is 3. The molecule has 74 valence electrons. The van der Waals surface area contributed by atoms with E-state index >= 15 is 0 Å². The molecule has 0 aliphatic carbocycles. The molecule has 0 aliphatic rings. The van der Waals surface area contributed by atoms with Crippen molar-refractivity contribution in [1.29, 1.82) is 0 Å². The van der Waals surface area contributed by atoms with Crippen LogP contribution in [0, 0.1) is 6.92 Å². The number of nitrogens with zero attached hydrogens (tertiary/aromatic N) is 2. The third-order valence-corrected chi connectivity index (χ3v) is 1.77. The van der Waals surface area contributed by atoms with Crippen molar-refractivity contribution in [2.75, 3.05) is 0 Å². The largest absolute Gasteiger partial charge is 0.408 e. The van der Waals surface area contributed by atoms with Crippen LogP contribution in [0.4, 0.5) is 13.2 Å². The zero-order chi connectivity index (χ0) is 10.1. The summed E-state index contributed by atoms with van der Waals surface area (Å²) in [5.74, 6) is 0. The Kier molecular flexibility index (Phi) is 2.63. The van der Waals surface area contributed by atoms with Crippen molar-refractivity contribution in [1.82, 2.24) is 9.78 Å². The van der Waals surface area contributed by atoms with E-state index in [9.17, 15) is 13.2 Å². The van der Waals surface area contributed by atoms with Gasteiger partial charge in [-0.1, -0.05) is 6.92 Å². The topological polar surface area (TPSA) is 17.8 Å². The number of rotatable bonds is 2. The Balaban J connectivity index is 2.80. The molecule has 0 N–H and O–H groups in total. The predicted molar refractivity (Wildman–Crippen MR) is 42.4 cm³/mol. The molecule has 0 saturated carbocycles. The summed E-state index contributed by atoms with van der Waals surface area (Å²) in [6.07, 6.45) is -2.03. The molecule has 0 aromatic carbocycles. The van der Waals surface area contributed by atoms with Gasteiger partial charge in [-0.25, -0.2) is 0 Å². The molecule has 1 rings (SSSR count). The van der Waals surface area contributed by atoms with Crippen molar-refractivity contribution in [3.8, 4) is 0 Å². The van der Waals surface area contributed by atoms with Gasteiger partial charge in [0.15, 0.2) is 0 Å². The van der Waals surface area contributed by atoms with Crippen molar-refractivity contribution >= 4 is 0 Å². The predicted octanol–water partition coefficient (Wildman–Crippen LogP) is 2.32. The molecule has 13 heavy (non-hydrogen) atoms. The quantitative estimate of drug-likeness (QED) is 0.703. The summed E-state index contributed by atoms with van der Waals surface area (Å²) < 4.78 is 36.7. The van der Waals surface area contributed by atoms with E-state index in [2.05, 4.69) is 5.10 Å². The van der Waals surface area contributed by atoms with Gasteiger partial charge in [0, 0.05) is 6.20 Å². The van der Waals surface area contributed by atoms with Crippen molar-refractivity contribution in [2.45, 2.75) is 33.0 Å². The molecular weight excluding hydrogens is 181 g/mol. The molecule has 0 bridgehead atoms. The van der Waals surface area contributed by atoms with Crippen LogP contribution in [-0.2, 0) is 13.0 Å². The first kappa shape index (κ1) is 10.1. The summed E-state index contributed by atoms with van der Waals surface area (Å²) in [4.78, 5) is 0. The molecule has 1 aromatic rings. The fourth-order valence-corrected chi connectivity index (χ4v) is 1.17. The Morgan fingerprint density at radius 1 is 1.46 bits per heavy atom. The minimum absolute atomic E-state index is 0.673. The average Bonchev–Trinajstić information content (AvgIpc) is 2.26. The normalized spacial score (nSPS) is 12.1. The molecule has 1 aromatic heterocycles. The summed E-state index contributed by atoms with van der Waals surface area (Å²) in [7, 11) is 0. The highest BCUT2D eigenvalue weighted by molar-refractivity contribution is 5.14. The fraction of sp³-hybridized carbons (Fsp3) is 0.625. The van der Waals surface area contributed by atoms with Crippen molar-refractivity contribution in [3.63, 3.8) is 0 Å². The van der Waals surface area contributed by atoms with Crippen LogP contribution in [0.3, 0.4) is 0 Å². The summed E-state index contributed by atoms with van der Waals surface area (Å²) in [6, 6.07) is 0. The van der Waals surface area contributed by atoms with Gasteiger partial charge in [0.1, 0.15) is 6.54 Å². The maximum absolute atomic E-state index is 11.9. The zero-order valence-electron chi connectivity index (χ0n) is 7.52. The maximum Gasteiger partial charge on any atom is 0.408 e. The summed E-state index contributed by atoms with van der Waals surface area (Å²) in [5, 5.41) is 3.76. The second kappa shape index (κ2) is 3.40. The van der Waals surface area contributed by atoms with Gasteiger partial charge in [-0.2, -0.15) is 18.3 Å². The van der Waals surface area contributed by atoms with Crippen molar-refractivity contribution in [2.24, 2.45) is 0 Å². The van der Waals surface area contributed by atoms with Gasteiger partial charge in [-0.3, -0.25) is 4.68 Å². The molecule has 1 heterocycles. The second-order valence-corrected chi connectivity index (χ2v) is 2.91. The van der Waals surface area contributed by atoms with Gasteiger partial charge in [-0.15, -0.1) is 0 Å². The Bertz CT molecular complexity index is 288. The lowest BCUT2D eigenvalue weighted by Crippen LogP contribution is -2.17. The average molecular weight is 192 g/mol. The molecule has 0 saturated heterocycles. The van der Waals surface area contributed by atoms with Crippen LogP contribution in [0.1, 0.15) is 18.2 Å². The molecule has 0 unspecified atom stereocenters. The lowest BCUT2D eigenvalue weighted by Gasteiger charge is -2.04. The van der Waals surface area contributed by atoms with Gasteiger partial charge in [-0.05, 0) is 18.9 Å². The summed E-state index contributed by atoms with van der Waals surface area (Å²) >= 11 is 0. The van der Waals surface area contributed by atoms with Gasteiger partial charge >= 0.3 is 6.18 Å². The Morgan fingerprint density at radius 2 is 2.08 bits per heavy atom. The maximum atomic E-state index is 11.9. The van der Waals surface area contributed by atoms with Crippen LogP contribution in [0.2, 0.25) is 0 Å². The van der Waals surface area contributed by atoms with E-state index in [0.29, 0.717) is 12.1 Å². The number of alkyl halides is 3. The van der Waals surface area contributed by atoms with E-state index in [-0.39, 0.29) is 0 Å². The number of hydrogen-bond donors (Lipinski definition) is 0. The second-order valence-electron chi connectivity index (χ2n) is 2.91. The van der Waals surface area contributed by atoms with E-state index in [0.717, 1.165) is 10.2 Å². The molecule has 2 nitrogen and oxygen atoms in total. The highest BCUT2D eigenvalue weighted by Gasteiger charge is 2.28. The molecule has 0 amide bonds. The smallest absolute Gasteiger partial charge is 0.263 e. The minimum Gasteiger partial charge on any atom is -0.263 e. The van der Waals surface area contributed by atoms with E-state index in [1.54, 1.807) is 6.92 Å².